The maximum atomic E-state index is 12.3. The fourth-order valence-electron chi connectivity index (χ4n) is 2.70. The summed E-state index contributed by atoms with van der Waals surface area (Å²) in [5.41, 5.74) is 1.19. The monoisotopic (exact) mass is 322 g/mol. The van der Waals surface area contributed by atoms with Crippen molar-refractivity contribution in [3.63, 3.8) is 0 Å². The lowest BCUT2D eigenvalue weighted by molar-refractivity contribution is -0.125. The number of hydrogen-bond donors (Lipinski definition) is 1. The SMILES string of the molecule is CC(C)CCNC(=O)[C@@H]1CCc2sc(C(=O)N(C)C)cc2C1. The van der Waals surface area contributed by atoms with Crippen LogP contribution in [-0.4, -0.2) is 37.4 Å². The molecule has 1 N–H and O–H groups in total. The van der Waals surface area contributed by atoms with Gasteiger partial charge in [-0.3, -0.25) is 9.59 Å². The number of nitrogens with zero attached hydrogens (tertiary/aromatic N) is 1. The summed E-state index contributed by atoms with van der Waals surface area (Å²) in [5.74, 6) is 0.877. The van der Waals surface area contributed by atoms with Crippen LogP contribution in [0.1, 0.15) is 46.8 Å². The van der Waals surface area contributed by atoms with Crippen LogP contribution in [0, 0.1) is 11.8 Å². The Morgan fingerprint density at radius 1 is 1.41 bits per heavy atom. The van der Waals surface area contributed by atoms with Gasteiger partial charge >= 0.3 is 0 Å². The average molecular weight is 322 g/mol. The third-order valence-electron chi connectivity index (χ3n) is 4.09. The van der Waals surface area contributed by atoms with Gasteiger partial charge in [-0.15, -0.1) is 11.3 Å². The molecule has 0 bridgehead atoms. The van der Waals surface area contributed by atoms with Gasteiger partial charge in [0, 0.05) is 31.4 Å². The van der Waals surface area contributed by atoms with Crippen molar-refractivity contribution in [1.82, 2.24) is 10.2 Å². The lowest BCUT2D eigenvalue weighted by Crippen LogP contribution is -2.34. The Bertz CT molecular complexity index is 549. The van der Waals surface area contributed by atoms with Crippen molar-refractivity contribution in [3.05, 3.63) is 21.4 Å². The predicted molar refractivity (Wildman–Crippen MR) is 90.3 cm³/mol. The number of thiophene rings is 1. The van der Waals surface area contributed by atoms with Crippen LogP contribution < -0.4 is 5.32 Å². The summed E-state index contributed by atoms with van der Waals surface area (Å²) >= 11 is 1.58. The number of amides is 2. The Labute approximate surface area is 136 Å². The number of hydrogen-bond acceptors (Lipinski definition) is 3. The molecule has 0 radical (unpaired) electrons. The normalized spacial score (nSPS) is 17.2. The van der Waals surface area contributed by atoms with Crippen LogP contribution in [-0.2, 0) is 17.6 Å². The smallest absolute Gasteiger partial charge is 0.263 e. The number of carbonyl (C=O) groups excluding carboxylic acids is 2. The standard InChI is InChI=1S/C17H26N2O2S/c1-11(2)7-8-18-16(20)12-5-6-14-13(9-12)10-15(22-14)17(21)19(3)4/h10-12H,5-9H2,1-4H3,(H,18,20)/t12-/m1/s1. The van der Waals surface area contributed by atoms with E-state index < -0.39 is 0 Å². The number of fused-ring (bicyclic) bond motifs is 1. The molecule has 1 aromatic rings. The minimum atomic E-state index is 0.0524. The summed E-state index contributed by atoms with van der Waals surface area (Å²) in [4.78, 5) is 28.0. The van der Waals surface area contributed by atoms with Crippen LogP contribution in [0.4, 0.5) is 0 Å². The van der Waals surface area contributed by atoms with E-state index >= 15 is 0 Å². The molecule has 2 amide bonds. The molecule has 1 heterocycles. The van der Waals surface area contributed by atoms with E-state index in [1.54, 1.807) is 30.3 Å². The Morgan fingerprint density at radius 3 is 2.77 bits per heavy atom. The van der Waals surface area contributed by atoms with E-state index in [4.69, 9.17) is 0 Å². The molecule has 0 saturated heterocycles. The summed E-state index contributed by atoms with van der Waals surface area (Å²) in [6, 6.07) is 1.98. The van der Waals surface area contributed by atoms with Crippen LogP contribution >= 0.6 is 11.3 Å². The van der Waals surface area contributed by atoms with Gasteiger partial charge < -0.3 is 10.2 Å². The minimum absolute atomic E-state index is 0.0524. The topological polar surface area (TPSA) is 49.4 Å². The van der Waals surface area contributed by atoms with E-state index in [2.05, 4.69) is 19.2 Å². The molecule has 5 heteroatoms. The van der Waals surface area contributed by atoms with E-state index in [1.165, 1.54) is 10.4 Å². The van der Waals surface area contributed by atoms with Gasteiger partial charge in [-0.1, -0.05) is 13.8 Å². The average Bonchev–Trinajstić information content (AvgIpc) is 2.88. The lowest BCUT2D eigenvalue weighted by Gasteiger charge is -2.21. The minimum Gasteiger partial charge on any atom is -0.356 e. The molecule has 0 aromatic carbocycles. The molecule has 1 atom stereocenters. The fraction of sp³-hybridized carbons (Fsp3) is 0.647. The zero-order valence-electron chi connectivity index (χ0n) is 13.9. The quantitative estimate of drug-likeness (QED) is 0.906. The molecular formula is C17H26N2O2S. The van der Waals surface area contributed by atoms with Crippen molar-refractivity contribution >= 4 is 23.2 Å². The van der Waals surface area contributed by atoms with Gasteiger partial charge in [-0.05, 0) is 43.2 Å². The molecule has 1 aliphatic rings. The van der Waals surface area contributed by atoms with Gasteiger partial charge in [0.05, 0.1) is 4.88 Å². The molecule has 22 heavy (non-hydrogen) atoms. The number of aryl methyl sites for hydroxylation is 1. The highest BCUT2D eigenvalue weighted by molar-refractivity contribution is 7.14. The highest BCUT2D eigenvalue weighted by atomic mass is 32.1. The summed E-state index contributed by atoms with van der Waals surface area (Å²) in [6.45, 7) is 5.08. The van der Waals surface area contributed by atoms with E-state index in [1.807, 2.05) is 6.07 Å². The molecule has 0 aliphatic heterocycles. The Kier molecular flexibility index (Phi) is 5.62. The first-order valence-electron chi connectivity index (χ1n) is 7.99. The summed E-state index contributed by atoms with van der Waals surface area (Å²) in [7, 11) is 3.54. The molecular weight excluding hydrogens is 296 g/mol. The van der Waals surface area contributed by atoms with Crippen molar-refractivity contribution in [1.29, 1.82) is 0 Å². The third kappa shape index (κ3) is 4.09. The van der Waals surface area contributed by atoms with Crippen LogP contribution in [0.25, 0.3) is 0 Å². The third-order valence-corrected chi connectivity index (χ3v) is 5.32. The molecule has 1 aliphatic carbocycles. The molecule has 0 saturated carbocycles. The van der Waals surface area contributed by atoms with E-state index in [0.717, 1.165) is 37.1 Å². The van der Waals surface area contributed by atoms with Gasteiger partial charge in [0.15, 0.2) is 0 Å². The van der Waals surface area contributed by atoms with Gasteiger partial charge in [0.25, 0.3) is 5.91 Å². The summed E-state index contributed by atoms with van der Waals surface area (Å²) in [6.07, 6.45) is 3.57. The second-order valence-electron chi connectivity index (χ2n) is 6.67. The first kappa shape index (κ1) is 17.0. The Morgan fingerprint density at radius 2 is 2.14 bits per heavy atom. The van der Waals surface area contributed by atoms with Crippen molar-refractivity contribution in [2.75, 3.05) is 20.6 Å². The lowest BCUT2D eigenvalue weighted by atomic mass is 9.87. The second-order valence-corrected chi connectivity index (χ2v) is 7.81. The molecule has 1 aromatic heterocycles. The molecule has 0 unspecified atom stereocenters. The number of carbonyl (C=O) groups is 2. The fourth-order valence-corrected chi connectivity index (χ4v) is 3.93. The van der Waals surface area contributed by atoms with Crippen LogP contribution in [0.15, 0.2) is 6.07 Å². The first-order valence-corrected chi connectivity index (χ1v) is 8.81. The molecule has 0 fully saturated rings. The van der Waals surface area contributed by atoms with Crippen molar-refractivity contribution in [3.8, 4) is 0 Å². The molecule has 2 rings (SSSR count). The van der Waals surface area contributed by atoms with Crippen LogP contribution in [0.2, 0.25) is 0 Å². The van der Waals surface area contributed by atoms with Crippen molar-refractivity contribution < 1.29 is 9.59 Å². The molecule has 122 valence electrons. The van der Waals surface area contributed by atoms with Crippen LogP contribution in [0.3, 0.4) is 0 Å². The van der Waals surface area contributed by atoms with Gasteiger partial charge in [-0.2, -0.15) is 0 Å². The second kappa shape index (κ2) is 7.27. The van der Waals surface area contributed by atoms with Gasteiger partial charge in [0.2, 0.25) is 5.91 Å². The van der Waals surface area contributed by atoms with E-state index in [-0.39, 0.29) is 17.7 Å². The highest BCUT2D eigenvalue weighted by Gasteiger charge is 2.27. The zero-order chi connectivity index (χ0) is 16.3. The Hall–Kier alpha value is -1.36. The van der Waals surface area contributed by atoms with Crippen molar-refractivity contribution in [2.24, 2.45) is 11.8 Å². The number of nitrogens with one attached hydrogen (secondary N) is 1. The van der Waals surface area contributed by atoms with E-state index in [9.17, 15) is 9.59 Å². The predicted octanol–water partition coefficient (Wildman–Crippen LogP) is 2.72. The first-order chi connectivity index (χ1) is 10.4. The maximum Gasteiger partial charge on any atom is 0.263 e. The van der Waals surface area contributed by atoms with Gasteiger partial charge in [-0.25, -0.2) is 0 Å². The maximum absolute atomic E-state index is 12.3. The largest absolute Gasteiger partial charge is 0.356 e. The Balaban J connectivity index is 1.96. The molecule has 4 nitrogen and oxygen atoms in total. The molecule has 0 spiro atoms. The summed E-state index contributed by atoms with van der Waals surface area (Å²) < 4.78 is 0. The van der Waals surface area contributed by atoms with E-state index in [0.29, 0.717) is 5.92 Å². The zero-order valence-corrected chi connectivity index (χ0v) is 14.8. The highest BCUT2D eigenvalue weighted by Crippen LogP contribution is 2.32. The number of rotatable bonds is 5. The summed E-state index contributed by atoms with van der Waals surface area (Å²) in [5, 5.41) is 3.05. The van der Waals surface area contributed by atoms with Crippen molar-refractivity contribution in [2.45, 2.75) is 39.5 Å². The van der Waals surface area contributed by atoms with Crippen LogP contribution in [0.5, 0.6) is 0 Å². The van der Waals surface area contributed by atoms with Gasteiger partial charge in [0.1, 0.15) is 0 Å².